The molecule has 0 radical (unpaired) electrons. The molecule has 1 aromatic carbocycles. The highest BCUT2D eigenvalue weighted by atomic mass is 19.1. The maximum absolute atomic E-state index is 13.6. The summed E-state index contributed by atoms with van der Waals surface area (Å²) in [5, 5.41) is 7.20. The van der Waals surface area contributed by atoms with Crippen molar-refractivity contribution in [3.63, 3.8) is 0 Å². The summed E-state index contributed by atoms with van der Waals surface area (Å²) in [6.45, 7) is 0.837. The molecule has 1 fully saturated rings. The van der Waals surface area contributed by atoms with E-state index < -0.39 is 0 Å². The summed E-state index contributed by atoms with van der Waals surface area (Å²) in [4.78, 5) is 18.3. The molecule has 2 aromatic heterocycles. The van der Waals surface area contributed by atoms with Crippen LogP contribution in [0.5, 0.6) is 0 Å². The molecular weight excluding hydrogens is 321 g/mol. The molecule has 3 heterocycles. The number of carbonyl (C=O) groups is 1. The maximum atomic E-state index is 13.6. The number of fused-ring (bicyclic) bond motifs is 1. The molecule has 1 atom stereocenters. The van der Waals surface area contributed by atoms with Crippen molar-refractivity contribution in [2.45, 2.75) is 18.9 Å². The van der Waals surface area contributed by atoms with Gasteiger partial charge >= 0.3 is 0 Å². The van der Waals surface area contributed by atoms with Crippen molar-refractivity contribution >= 4 is 17.4 Å². The van der Waals surface area contributed by atoms with Gasteiger partial charge in [-0.25, -0.2) is 13.9 Å². The van der Waals surface area contributed by atoms with E-state index in [1.54, 1.807) is 23.7 Å². The van der Waals surface area contributed by atoms with Gasteiger partial charge in [-0.3, -0.25) is 4.79 Å². The average Bonchev–Trinajstić information content (AvgIpc) is 3.27. The molecule has 0 spiro atoms. The smallest absolute Gasteiger partial charge is 0.271 e. The lowest BCUT2D eigenvalue weighted by Gasteiger charge is -2.26. The number of anilines is 1. The Hall–Kier alpha value is -2.96. The van der Waals surface area contributed by atoms with Crippen molar-refractivity contribution in [2.24, 2.45) is 0 Å². The average molecular weight is 339 g/mol. The van der Waals surface area contributed by atoms with Gasteiger partial charge < -0.3 is 10.2 Å². The summed E-state index contributed by atoms with van der Waals surface area (Å²) < 4.78 is 15.2. The molecular formula is C18H18FN5O. The van der Waals surface area contributed by atoms with E-state index >= 15 is 0 Å². The summed E-state index contributed by atoms with van der Waals surface area (Å²) in [6.07, 6.45) is 3.46. The van der Waals surface area contributed by atoms with Gasteiger partial charge in [-0.2, -0.15) is 0 Å². The highest BCUT2D eigenvalue weighted by Crippen LogP contribution is 2.35. The lowest BCUT2D eigenvalue weighted by Crippen LogP contribution is -2.25. The number of hydrogen-bond donors (Lipinski definition) is 1. The molecule has 0 unspecified atom stereocenters. The minimum Gasteiger partial charge on any atom is -0.354 e. The quantitative estimate of drug-likeness (QED) is 0.797. The molecule has 6 nitrogen and oxygen atoms in total. The highest BCUT2D eigenvalue weighted by Gasteiger charge is 2.28. The summed E-state index contributed by atoms with van der Waals surface area (Å²) in [5.41, 5.74) is 1.95. The van der Waals surface area contributed by atoms with Crippen LogP contribution in [0.3, 0.4) is 0 Å². The Bertz CT molecular complexity index is 938. The fourth-order valence-electron chi connectivity index (χ4n) is 3.40. The fourth-order valence-corrected chi connectivity index (χ4v) is 3.40. The van der Waals surface area contributed by atoms with Crippen LogP contribution < -0.4 is 10.2 Å². The number of rotatable bonds is 3. The van der Waals surface area contributed by atoms with E-state index in [1.807, 2.05) is 18.2 Å². The standard InChI is InChI=1S/C18H18FN5O/c1-20-18(25)15-11-21-16-7-8-17(22-24(15)16)23-9-3-6-14(23)12-4-2-5-13(19)10-12/h2,4-5,7-8,10-11,14H,3,6,9H2,1H3,(H,20,25)/t14-/m1/s1. The van der Waals surface area contributed by atoms with Crippen molar-refractivity contribution in [1.82, 2.24) is 19.9 Å². The van der Waals surface area contributed by atoms with Crippen LogP contribution in [0.2, 0.25) is 0 Å². The van der Waals surface area contributed by atoms with Gasteiger partial charge in [0.05, 0.1) is 12.2 Å². The minimum absolute atomic E-state index is 0.0765. The van der Waals surface area contributed by atoms with Crippen LogP contribution in [0.1, 0.15) is 34.9 Å². The monoisotopic (exact) mass is 339 g/mol. The Labute approximate surface area is 144 Å². The number of nitrogens with zero attached hydrogens (tertiary/aromatic N) is 4. The topological polar surface area (TPSA) is 62.5 Å². The first-order chi connectivity index (χ1) is 12.2. The Morgan fingerprint density at radius 2 is 2.20 bits per heavy atom. The first-order valence-corrected chi connectivity index (χ1v) is 8.26. The van der Waals surface area contributed by atoms with Crippen molar-refractivity contribution in [3.05, 3.63) is 59.7 Å². The zero-order valence-electron chi connectivity index (χ0n) is 13.8. The van der Waals surface area contributed by atoms with Crippen LogP contribution in [0, 0.1) is 5.82 Å². The van der Waals surface area contributed by atoms with Gasteiger partial charge in [0.2, 0.25) is 0 Å². The van der Waals surface area contributed by atoms with Gasteiger partial charge in [0.1, 0.15) is 11.6 Å². The van der Waals surface area contributed by atoms with Gasteiger partial charge in [-0.05, 0) is 42.7 Å². The molecule has 128 valence electrons. The van der Waals surface area contributed by atoms with Crippen molar-refractivity contribution in [2.75, 3.05) is 18.5 Å². The molecule has 7 heteroatoms. The molecule has 0 saturated carbocycles. The third-order valence-electron chi connectivity index (χ3n) is 4.59. The zero-order valence-corrected chi connectivity index (χ0v) is 13.8. The molecule has 25 heavy (non-hydrogen) atoms. The lowest BCUT2D eigenvalue weighted by molar-refractivity contribution is 0.0956. The van der Waals surface area contributed by atoms with Gasteiger partial charge in [0, 0.05) is 13.6 Å². The molecule has 1 aliphatic rings. The number of hydrogen-bond acceptors (Lipinski definition) is 4. The van der Waals surface area contributed by atoms with Crippen LogP contribution in [0.25, 0.3) is 5.65 Å². The first-order valence-electron chi connectivity index (χ1n) is 8.26. The number of nitrogens with one attached hydrogen (secondary N) is 1. The van der Waals surface area contributed by atoms with E-state index in [2.05, 4.69) is 20.3 Å². The molecule has 0 aliphatic carbocycles. The normalized spacial score (nSPS) is 17.2. The fraction of sp³-hybridized carbons (Fsp3) is 0.278. The van der Waals surface area contributed by atoms with E-state index in [-0.39, 0.29) is 17.8 Å². The van der Waals surface area contributed by atoms with Crippen molar-refractivity contribution < 1.29 is 9.18 Å². The minimum atomic E-state index is -0.236. The van der Waals surface area contributed by atoms with E-state index in [0.717, 1.165) is 30.8 Å². The second-order valence-electron chi connectivity index (χ2n) is 6.09. The Morgan fingerprint density at radius 3 is 3.00 bits per heavy atom. The third-order valence-corrected chi connectivity index (χ3v) is 4.59. The zero-order chi connectivity index (χ0) is 17.4. The highest BCUT2D eigenvalue weighted by molar-refractivity contribution is 5.92. The number of halogens is 1. The molecule has 1 saturated heterocycles. The van der Waals surface area contributed by atoms with Crippen molar-refractivity contribution in [3.8, 4) is 0 Å². The summed E-state index contributed by atoms with van der Waals surface area (Å²) >= 11 is 0. The van der Waals surface area contributed by atoms with Crippen LogP contribution in [-0.4, -0.2) is 34.1 Å². The van der Waals surface area contributed by atoms with Crippen molar-refractivity contribution in [1.29, 1.82) is 0 Å². The summed E-state index contributed by atoms with van der Waals surface area (Å²) in [6, 6.07) is 10.5. The lowest BCUT2D eigenvalue weighted by atomic mass is 10.0. The molecule has 1 aliphatic heterocycles. The van der Waals surface area contributed by atoms with Gasteiger partial charge in [-0.1, -0.05) is 12.1 Å². The van der Waals surface area contributed by atoms with Crippen LogP contribution in [-0.2, 0) is 0 Å². The second-order valence-corrected chi connectivity index (χ2v) is 6.09. The predicted octanol–water partition coefficient (Wildman–Crippen LogP) is 2.57. The Balaban J connectivity index is 1.74. The van der Waals surface area contributed by atoms with E-state index in [9.17, 15) is 9.18 Å². The molecule has 1 amide bonds. The van der Waals surface area contributed by atoms with Crippen LogP contribution >= 0.6 is 0 Å². The van der Waals surface area contributed by atoms with Crippen LogP contribution in [0.4, 0.5) is 10.2 Å². The van der Waals surface area contributed by atoms with E-state index in [0.29, 0.717) is 11.3 Å². The van der Waals surface area contributed by atoms with E-state index in [1.165, 1.54) is 12.3 Å². The molecule has 3 aromatic rings. The van der Waals surface area contributed by atoms with Gasteiger partial charge in [-0.15, -0.1) is 5.10 Å². The third kappa shape index (κ3) is 2.71. The molecule has 0 bridgehead atoms. The second kappa shape index (κ2) is 6.16. The molecule has 1 N–H and O–H groups in total. The SMILES string of the molecule is CNC(=O)c1cnc2ccc(N3CCC[C@@H]3c3cccc(F)c3)nn12. The number of amides is 1. The number of imidazole rings is 1. The van der Waals surface area contributed by atoms with Gasteiger partial charge in [0.15, 0.2) is 11.3 Å². The first kappa shape index (κ1) is 15.6. The number of carbonyl (C=O) groups excluding carboxylic acids is 1. The van der Waals surface area contributed by atoms with E-state index in [4.69, 9.17) is 0 Å². The molecule has 4 rings (SSSR count). The summed E-state index contributed by atoms with van der Waals surface area (Å²) in [7, 11) is 1.58. The largest absolute Gasteiger partial charge is 0.354 e. The Morgan fingerprint density at radius 1 is 1.32 bits per heavy atom. The summed E-state index contributed by atoms with van der Waals surface area (Å²) in [5.74, 6) is 0.284. The number of benzene rings is 1. The Kier molecular flexibility index (Phi) is 3.83. The van der Waals surface area contributed by atoms with Gasteiger partial charge in [0.25, 0.3) is 5.91 Å². The number of aromatic nitrogens is 3. The predicted molar refractivity (Wildman–Crippen MR) is 92.1 cm³/mol. The van der Waals surface area contributed by atoms with Crippen LogP contribution in [0.15, 0.2) is 42.6 Å². The maximum Gasteiger partial charge on any atom is 0.271 e.